The average Bonchev–Trinajstić information content (AvgIpc) is 2.66. The lowest BCUT2D eigenvalue weighted by Crippen LogP contribution is -1.99. The summed E-state index contributed by atoms with van der Waals surface area (Å²) in [7, 11) is -4.68. The summed E-state index contributed by atoms with van der Waals surface area (Å²) < 4.78 is 32.8. The van der Waals surface area contributed by atoms with E-state index < -0.39 is 36.2 Å². The van der Waals surface area contributed by atoms with Gasteiger partial charge >= 0.3 is 5.69 Å². The van der Waals surface area contributed by atoms with Gasteiger partial charge in [-0.3, -0.25) is 24.8 Å². The fraction of sp³-hybridized carbons (Fsp3) is 0. The Morgan fingerprint density at radius 2 is 1.55 bits per heavy atom. The molecule has 3 rings (SSSR count). The molecule has 0 spiro atoms. The number of hydrogen-bond acceptors (Lipinski definition) is 9. The molecule has 148 valence electrons. The molecule has 0 aliphatic carbocycles. The molecule has 29 heavy (non-hydrogen) atoms. The van der Waals surface area contributed by atoms with Crippen molar-refractivity contribution in [2.75, 3.05) is 0 Å². The van der Waals surface area contributed by atoms with Crippen LogP contribution in [0.25, 0.3) is 10.8 Å². The smallest absolute Gasteiger partial charge is 0.303 e. The van der Waals surface area contributed by atoms with Gasteiger partial charge in [-0.05, 0) is 24.3 Å². The second-order valence-corrected chi connectivity index (χ2v) is 7.03. The minimum Gasteiger partial charge on any atom is -0.507 e. The van der Waals surface area contributed by atoms with Crippen molar-refractivity contribution in [3.8, 4) is 5.75 Å². The van der Waals surface area contributed by atoms with E-state index in [1.807, 2.05) is 0 Å². The standard InChI is InChI=1S/C16H10N4O8S/c21-14-7-6-12(16-10(14)2-1-3-15(16)29(26,27)28)18-17-11-5-4-9(19(22)23)8-13(11)20(24)25/h1-8,21H,(H,26,27,28). The van der Waals surface area contributed by atoms with Crippen LogP contribution in [-0.2, 0) is 10.1 Å². The number of nitro benzene ring substituents is 2. The van der Waals surface area contributed by atoms with Crippen molar-refractivity contribution in [1.29, 1.82) is 0 Å². The summed E-state index contributed by atoms with van der Waals surface area (Å²) in [6.45, 7) is 0. The zero-order chi connectivity index (χ0) is 21.3. The molecular formula is C16H10N4O8S. The van der Waals surface area contributed by atoms with Crippen molar-refractivity contribution in [3.05, 3.63) is 68.8 Å². The van der Waals surface area contributed by atoms with Gasteiger partial charge in [-0.1, -0.05) is 12.1 Å². The Bertz CT molecular complexity index is 1300. The number of aromatic hydroxyl groups is 1. The van der Waals surface area contributed by atoms with Crippen molar-refractivity contribution in [1.82, 2.24) is 0 Å². The van der Waals surface area contributed by atoms with Gasteiger partial charge in [0.2, 0.25) is 0 Å². The Kier molecular flexibility index (Phi) is 4.92. The van der Waals surface area contributed by atoms with Crippen molar-refractivity contribution in [2.24, 2.45) is 10.2 Å². The molecule has 13 heteroatoms. The molecule has 0 saturated heterocycles. The highest BCUT2D eigenvalue weighted by atomic mass is 32.2. The van der Waals surface area contributed by atoms with Gasteiger partial charge in [0.1, 0.15) is 10.6 Å². The van der Waals surface area contributed by atoms with Crippen LogP contribution in [0.15, 0.2) is 63.7 Å². The monoisotopic (exact) mass is 418 g/mol. The number of nitrogens with zero attached hydrogens (tertiary/aromatic N) is 4. The number of rotatable bonds is 5. The number of hydrogen-bond donors (Lipinski definition) is 2. The summed E-state index contributed by atoms with van der Waals surface area (Å²) in [5.41, 5.74) is -1.62. The van der Waals surface area contributed by atoms with Gasteiger partial charge in [0.05, 0.1) is 21.6 Å². The first-order chi connectivity index (χ1) is 13.6. The number of fused-ring (bicyclic) bond motifs is 1. The van der Waals surface area contributed by atoms with Crippen LogP contribution in [0.2, 0.25) is 0 Å². The van der Waals surface area contributed by atoms with Crippen molar-refractivity contribution in [3.63, 3.8) is 0 Å². The molecule has 0 heterocycles. The van der Waals surface area contributed by atoms with Crippen molar-refractivity contribution >= 4 is 43.6 Å². The number of non-ortho nitro benzene ring substituents is 1. The molecule has 0 atom stereocenters. The maximum absolute atomic E-state index is 11.7. The van der Waals surface area contributed by atoms with Crippen LogP contribution in [0.3, 0.4) is 0 Å². The van der Waals surface area contributed by atoms with Crippen LogP contribution in [0.1, 0.15) is 0 Å². The number of phenols is 1. The third-order valence-electron chi connectivity index (χ3n) is 3.87. The van der Waals surface area contributed by atoms with Gasteiger partial charge in [-0.2, -0.15) is 8.42 Å². The summed E-state index contributed by atoms with van der Waals surface area (Å²) in [6, 6.07) is 8.91. The molecule has 0 fully saturated rings. The molecule has 0 aliphatic rings. The van der Waals surface area contributed by atoms with Gasteiger partial charge < -0.3 is 5.11 Å². The zero-order valence-electron chi connectivity index (χ0n) is 14.2. The van der Waals surface area contributed by atoms with E-state index in [1.54, 1.807) is 0 Å². The third-order valence-corrected chi connectivity index (χ3v) is 4.76. The largest absolute Gasteiger partial charge is 0.507 e. The molecule has 0 unspecified atom stereocenters. The molecule has 3 aromatic carbocycles. The molecular weight excluding hydrogens is 408 g/mol. The van der Waals surface area contributed by atoms with E-state index in [2.05, 4.69) is 10.2 Å². The first-order valence-electron chi connectivity index (χ1n) is 7.66. The fourth-order valence-electron chi connectivity index (χ4n) is 2.60. The highest BCUT2D eigenvalue weighted by Crippen LogP contribution is 2.39. The summed E-state index contributed by atoms with van der Waals surface area (Å²) in [6.07, 6.45) is 0. The van der Waals surface area contributed by atoms with E-state index in [0.29, 0.717) is 6.07 Å². The predicted molar refractivity (Wildman–Crippen MR) is 99.4 cm³/mol. The summed E-state index contributed by atoms with van der Waals surface area (Å²) in [5.74, 6) is -0.286. The van der Waals surface area contributed by atoms with Crippen LogP contribution in [0, 0.1) is 20.2 Å². The minimum atomic E-state index is -4.68. The third kappa shape index (κ3) is 3.85. The summed E-state index contributed by atoms with van der Waals surface area (Å²) in [5, 5.41) is 39.4. The maximum atomic E-state index is 11.7. The Hall–Kier alpha value is -3.97. The summed E-state index contributed by atoms with van der Waals surface area (Å²) >= 11 is 0. The van der Waals surface area contributed by atoms with E-state index >= 15 is 0 Å². The lowest BCUT2D eigenvalue weighted by Gasteiger charge is -2.08. The van der Waals surface area contributed by atoms with Crippen molar-refractivity contribution < 1.29 is 27.9 Å². The van der Waals surface area contributed by atoms with Crippen molar-refractivity contribution in [2.45, 2.75) is 4.90 Å². The highest BCUT2D eigenvalue weighted by Gasteiger charge is 2.21. The second kappa shape index (κ2) is 7.21. The lowest BCUT2D eigenvalue weighted by molar-refractivity contribution is -0.393. The molecule has 0 aromatic heterocycles. The minimum absolute atomic E-state index is 0.0507. The van der Waals surface area contributed by atoms with E-state index in [-0.39, 0.29) is 27.9 Å². The van der Waals surface area contributed by atoms with E-state index in [0.717, 1.165) is 18.2 Å². The lowest BCUT2D eigenvalue weighted by atomic mass is 10.1. The Balaban J connectivity index is 2.22. The van der Waals surface area contributed by atoms with Crippen LogP contribution >= 0.6 is 0 Å². The SMILES string of the molecule is O=[N+]([O-])c1ccc(N=Nc2ccc(O)c3cccc(S(=O)(=O)O)c23)c([N+](=O)[O-])c1. The molecule has 2 N–H and O–H groups in total. The molecule has 0 saturated carbocycles. The van der Waals surface area contributed by atoms with E-state index in [1.165, 1.54) is 24.3 Å². The normalized spacial score (nSPS) is 11.8. The topological polar surface area (TPSA) is 186 Å². The second-order valence-electron chi connectivity index (χ2n) is 5.64. The predicted octanol–water partition coefficient (Wildman–Crippen LogP) is 4.02. The number of azo groups is 1. The number of nitro groups is 2. The first-order valence-corrected chi connectivity index (χ1v) is 9.10. The zero-order valence-corrected chi connectivity index (χ0v) is 15.0. The van der Waals surface area contributed by atoms with Gasteiger partial charge in [0, 0.05) is 16.8 Å². The molecule has 3 aromatic rings. The summed E-state index contributed by atoms with van der Waals surface area (Å²) in [4.78, 5) is 19.8. The van der Waals surface area contributed by atoms with Crippen LogP contribution in [0.5, 0.6) is 5.75 Å². The molecule has 0 radical (unpaired) electrons. The van der Waals surface area contributed by atoms with E-state index in [4.69, 9.17) is 0 Å². The molecule has 0 amide bonds. The average molecular weight is 418 g/mol. The van der Waals surface area contributed by atoms with Crippen LogP contribution in [0.4, 0.5) is 22.7 Å². The molecule has 0 bridgehead atoms. The quantitative estimate of drug-likeness (QED) is 0.269. The van der Waals surface area contributed by atoms with Gasteiger partial charge in [0.25, 0.3) is 15.8 Å². The Labute approximate surface area is 161 Å². The van der Waals surface area contributed by atoms with Crippen LogP contribution < -0.4 is 0 Å². The first kappa shape index (κ1) is 19.8. The Morgan fingerprint density at radius 3 is 2.17 bits per heavy atom. The van der Waals surface area contributed by atoms with Crippen LogP contribution in [-0.4, -0.2) is 27.9 Å². The number of benzene rings is 3. The Morgan fingerprint density at radius 1 is 0.897 bits per heavy atom. The van der Waals surface area contributed by atoms with Gasteiger partial charge in [-0.25, -0.2) is 0 Å². The highest BCUT2D eigenvalue weighted by molar-refractivity contribution is 7.86. The molecule has 12 nitrogen and oxygen atoms in total. The van der Waals surface area contributed by atoms with Gasteiger partial charge in [-0.15, -0.1) is 10.2 Å². The maximum Gasteiger partial charge on any atom is 0.303 e. The fourth-order valence-corrected chi connectivity index (χ4v) is 3.32. The number of phenolic OH excluding ortho intramolecular Hbond substituents is 1. The van der Waals surface area contributed by atoms with E-state index in [9.17, 15) is 38.3 Å². The van der Waals surface area contributed by atoms with Gasteiger partial charge in [0.15, 0.2) is 5.69 Å². The molecule has 0 aliphatic heterocycles.